The number of benzene rings is 1. The van der Waals surface area contributed by atoms with Crippen LogP contribution in [-0.2, 0) is 0 Å². The van der Waals surface area contributed by atoms with Crippen LogP contribution in [0.3, 0.4) is 0 Å². The first-order valence-corrected chi connectivity index (χ1v) is 3.91. The summed E-state index contributed by atoms with van der Waals surface area (Å²) in [4.78, 5) is 0. The van der Waals surface area contributed by atoms with E-state index in [0.717, 1.165) is 5.56 Å². The lowest BCUT2D eigenvalue weighted by atomic mass is 10.0. The van der Waals surface area contributed by atoms with Gasteiger partial charge in [0.25, 0.3) is 0 Å². The van der Waals surface area contributed by atoms with Gasteiger partial charge in [0.15, 0.2) is 0 Å². The van der Waals surface area contributed by atoms with Gasteiger partial charge in [-0.15, -0.1) is 0 Å². The van der Waals surface area contributed by atoms with Gasteiger partial charge in [0.05, 0.1) is 0 Å². The van der Waals surface area contributed by atoms with Gasteiger partial charge in [0.1, 0.15) is 0 Å². The first-order chi connectivity index (χ1) is 5.13. The summed E-state index contributed by atoms with van der Waals surface area (Å²) in [6, 6.07) is 6.04. The van der Waals surface area contributed by atoms with Crippen LogP contribution in [0.15, 0.2) is 24.8 Å². The fourth-order valence-electron chi connectivity index (χ4n) is 1.04. The average Bonchev–Trinajstić information content (AvgIpc) is 1.94. The molecule has 58 valence electrons. The maximum Gasteiger partial charge on any atom is 0.0409 e. The molecule has 0 N–H and O–H groups in total. The molecule has 0 aliphatic carbocycles. The van der Waals surface area contributed by atoms with E-state index in [1.165, 1.54) is 11.1 Å². The van der Waals surface area contributed by atoms with Crippen LogP contribution in [0.25, 0.3) is 5.03 Å². The van der Waals surface area contributed by atoms with Crippen molar-refractivity contribution in [1.82, 2.24) is 0 Å². The topological polar surface area (TPSA) is 0 Å². The largest absolute Gasteiger partial charge is 0.0843 e. The van der Waals surface area contributed by atoms with Gasteiger partial charge < -0.3 is 0 Å². The first kappa shape index (κ1) is 8.35. The second-order valence-electron chi connectivity index (χ2n) is 2.65. The van der Waals surface area contributed by atoms with Crippen molar-refractivity contribution >= 4 is 16.6 Å². The summed E-state index contributed by atoms with van der Waals surface area (Å²) in [5, 5.41) is 0.617. The minimum Gasteiger partial charge on any atom is -0.0843 e. The molecule has 0 spiro atoms. The van der Waals surface area contributed by atoms with Gasteiger partial charge in [-0.25, -0.2) is 0 Å². The van der Waals surface area contributed by atoms with Gasteiger partial charge in [-0.05, 0) is 30.5 Å². The molecule has 0 bridgehead atoms. The first-order valence-electron chi connectivity index (χ1n) is 3.54. The lowest BCUT2D eigenvalue weighted by Crippen LogP contribution is -1.86. The van der Waals surface area contributed by atoms with Crippen LogP contribution in [0.4, 0.5) is 0 Å². The molecule has 0 atom stereocenters. The number of hydrogen-bond donors (Lipinski definition) is 0. The Morgan fingerprint density at radius 3 is 2.45 bits per heavy atom. The number of rotatable bonds is 1. The molecule has 1 aromatic carbocycles. The highest BCUT2D eigenvalue weighted by molar-refractivity contribution is 6.48. The number of aryl methyl sites for hydroxylation is 1. The summed E-state index contributed by atoms with van der Waals surface area (Å²) >= 11 is 5.79. The van der Waals surface area contributed by atoms with Crippen molar-refractivity contribution in [1.29, 1.82) is 0 Å². The van der Waals surface area contributed by atoms with Crippen LogP contribution in [0, 0.1) is 13.8 Å². The van der Waals surface area contributed by atoms with Crippen LogP contribution in [0.2, 0.25) is 0 Å². The van der Waals surface area contributed by atoms with Crippen LogP contribution >= 0.6 is 11.6 Å². The third-order valence-electron chi connectivity index (χ3n) is 1.90. The standard InChI is InChI=1S/C10H11Cl/c1-7-5-4-6-10(8(7)2)9(3)11/h4-6H,3H2,1-2H3. The zero-order valence-corrected chi connectivity index (χ0v) is 7.57. The quantitative estimate of drug-likeness (QED) is 0.599. The highest BCUT2D eigenvalue weighted by atomic mass is 35.5. The summed E-state index contributed by atoms with van der Waals surface area (Å²) in [5.41, 5.74) is 3.52. The predicted molar refractivity (Wildman–Crippen MR) is 50.8 cm³/mol. The fraction of sp³-hybridized carbons (Fsp3) is 0.200. The normalized spacial score (nSPS) is 9.73. The van der Waals surface area contributed by atoms with E-state index in [4.69, 9.17) is 11.6 Å². The Hall–Kier alpha value is -0.750. The molecular weight excluding hydrogens is 156 g/mol. The van der Waals surface area contributed by atoms with E-state index in [1.54, 1.807) is 0 Å². The van der Waals surface area contributed by atoms with Crippen LogP contribution in [-0.4, -0.2) is 0 Å². The Labute approximate surface area is 72.5 Å². The number of halogens is 1. The van der Waals surface area contributed by atoms with Gasteiger partial charge >= 0.3 is 0 Å². The maximum atomic E-state index is 5.79. The average molecular weight is 167 g/mol. The highest BCUT2D eigenvalue weighted by Crippen LogP contribution is 2.22. The zero-order valence-electron chi connectivity index (χ0n) is 6.82. The molecular formula is C10H11Cl. The summed E-state index contributed by atoms with van der Waals surface area (Å²) in [6.45, 7) is 7.81. The molecule has 1 aromatic rings. The molecule has 0 aliphatic heterocycles. The minimum atomic E-state index is 0.617. The molecule has 11 heavy (non-hydrogen) atoms. The van der Waals surface area contributed by atoms with Gasteiger partial charge in [0, 0.05) is 5.03 Å². The van der Waals surface area contributed by atoms with E-state index >= 15 is 0 Å². The monoisotopic (exact) mass is 166 g/mol. The third-order valence-corrected chi connectivity index (χ3v) is 2.10. The Balaban J connectivity index is 3.27. The van der Waals surface area contributed by atoms with E-state index in [9.17, 15) is 0 Å². The molecule has 1 heteroatoms. The van der Waals surface area contributed by atoms with E-state index in [1.807, 2.05) is 12.1 Å². The van der Waals surface area contributed by atoms with E-state index in [-0.39, 0.29) is 0 Å². The summed E-state index contributed by atoms with van der Waals surface area (Å²) in [6.07, 6.45) is 0. The zero-order chi connectivity index (χ0) is 8.43. The van der Waals surface area contributed by atoms with Crippen molar-refractivity contribution in [3.8, 4) is 0 Å². The van der Waals surface area contributed by atoms with Crippen molar-refractivity contribution in [3.63, 3.8) is 0 Å². The van der Waals surface area contributed by atoms with E-state index < -0.39 is 0 Å². The minimum absolute atomic E-state index is 0.617. The lowest BCUT2D eigenvalue weighted by molar-refractivity contribution is 1.32. The molecule has 0 heterocycles. The second kappa shape index (κ2) is 3.10. The van der Waals surface area contributed by atoms with Crippen molar-refractivity contribution in [3.05, 3.63) is 41.5 Å². The molecule has 0 fully saturated rings. The van der Waals surface area contributed by atoms with Crippen LogP contribution < -0.4 is 0 Å². The Morgan fingerprint density at radius 1 is 1.36 bits per heavy atom. The molecule has 0 amide bonds. The van der Waals surface area contributed by atoms with Gasteiger partial charge in [-0.3, -0.25) is 0 Å². The van der Waals surface area contributed by atoms with E-state index in [0.29, 0.717) is 5.03 Å². The maximum absolute atomic E-state index is 5.79. The second-order valence-corrected chi connectivity index (χ2v) is 3.11. The summed E-state index contributed by atoms with van der Waals surface area (Å²) in [5.74, 6) is 0. The van der Waals surface area contributed by atoms with Gasteiger partial charge in [0.2, 0.25) is 0 Å². The third kappa shape index (κ3) is 1.63. The van der Waals surface area contributed by atoms with Crippen LogP contribution in [0.1, 0.15) is 16.7 Å². The molecule has 0 unspecified atom stereocenters. The lowest BCUT2D eigenvalue weighted by Gasteiger charge is -2.05. The molecule has 0 radical (unpaired) electrons. The Kier molecular flexibility index (Phi) is 2.35. The van der Waals surface area contributed by atoms with Gasteiger partial charge in [-0.2, -0.15) is 0 Å². The Bertz CT molecular complexity index is 287. The summed E-state index contributed by atoms with van der Waals surface area (Å²) < 4.78 is 0. The van der Waals surface area contributed by atoms with Crippen molar-refractivity contribution in [2.75, 3.05) is 0 Å². The SMILES string of the molecule is C=C(Cl)c1cccc(C)c1C. The molecule has 0 saturated heterocycles. The molecule has 0 saturated carbocycles. The smallest absolute Gasteiger partial charge is 0.0409 e. The van der Waals surface area contributed by atoms with Gasteiger partial charge in [-0.1, -0.05) is 36.4 Å². The van der Waals surface area contributed by atoms with Crippen molar-refractivity contribution in [2.45, 2.75) is 13.8 Å². The fourth-order valence-corrected chi connectivity index (χ4v) is 1.25. The molecule has 1 rings (SSSR count). The van der Waals surface area contributed by atoms with Crippen LogP contribution in [0.5, 0.6) is 0 Å². The highest BCUT2D eigenvalue weighted by Gasteiger charge is 2.00. The van der Waals surface area contributed by atoms with E-state index in [2.05, 4.69) is 26.5 Å². The van der Waals surface area contributed by atoms with Crippen molar-refractivity contribution < 1.29 is 0 Å². The van der Waals surface area contributed by atoms with Crippen molar-refractivity contribution in [2.24, 2.45) is 0 Å². The summed E-state index contributed by atoms with van der Waals surface area (Å²) in [7, 11) is 0. The predicted octanol–water partition coefficient (Wildman–Crippen LogP) is 3.51. The Morgan fingerprint density at radius 2 is 2.00 bits per heavy atom. The molecule has 0 nitrogen and oxygen atoms in total. The molecule has 0 aromatic heterocycles. The molecule has 0 aliphatic rings. The number of hydrogen-bond acceptors (Lipinski definition) is 0.